The van der Waals surface area contributed by atoms with Crippen LogP contribution in [0.5, 0.6) is 0 Å². The molecule has 0 aromatic heterocycles. The van der Waals surface area contributed by atoms with E-state index >= 15 is 0 Å². The molecule has 70 valence electrons. The Morgan fingerprint density at radius 2 is 1.07 bits per heavy atom. The summed E-state index contributed by atoms with van der Waals surface area (Å²) in [6.07, 6.45) is 0. The fourth-order valence-electron chi connectivity index (χ4n) is 1.27. The van der Waals surface area contributed by atoms with Crippen molar-refractivity contribution in [3.63, 3.8) is 0 Å². The second-order valence-electron chi connectivity index (χ2n) is 2.80. The third kappa shape index (κ3) is 0.921. The molecule has 0 amide bonds. The molecule has 0 unspecified atom stereocenters. The topological polar surface area (TPSA) is 51.2 Å². The summed E-state index contributed by atoms with van der Waals surface area (Å²) in [5.74, 6) is -2.50. The van der Waals surface area contributed by atoms with Crippen molar-refractivity contribution in [3.8, 4) is 0 Å². The number of rotatable bonds is 0. The zero-order valence-corrected chi connectivity index (χ0v) is 6.64. The molecule has 0 aliphatic rings. The summed E-state index contributed by atoms with van der Waals surface area (Å²) in [5, 5.41) is -0.724. The summed E-state index contributed by atoms with van der Waals surface area (Å²) in [4.78, 5) is 32.9. The van der Waals surface area contributed by atoms with E-state index < -0.39 is 27.9 Å². The van der Waals surface area contributed by atoms with Crippen molar-refractivity contribution in [1.82, 2.24) is 0 Å². The maximum absolute atomic E-state index is 12.7. The fraction of sp³-hybridized carbons (Fsp3) is 0. The van der Waals surface area contributed by atoms with E-state index in [-0.39, 0.29) is 10.8 Å². The second-order valence-corrected chi connectivity index (χ2v) is 2.80. The van der Waals surface area contributed by atoms with Gasteiger partial charge in [-0.1, -0.05) is 0 Å². The molecule has 0 atom stereocenters. The smallest absolute Gasteiger partial charge is 0.273 e. The predicted molar refractivity (Wildman–Crippen MR) is 45.0 cm³/mol. The van der Waals surface area contributed by atoms with E-state index in [0.717, 1.165) is 0 Å². The van der Waals surface area contributed by atoms with Gasteiger partial charge in [-0.05, 0) is 12.1 Å². The summed E-state index contributed by atoms with van der Waals surface area (Å²) < 4.78 is 25.3. The molecule has 14 heavy (non-hydrogen) atoms. The van der Waals surface area contributed by atoms with Crippen LogP contribution in [0.3, 0.4) is 0 Å². The van der Waals surface area contributed by atoms with Crippen LogP contribution in [-0.2, 0) is 0 Å². The van der Waals surface area contributed by atoms with E-state index in [1.807, 2.05) is 0 Å². The average Bonchev–Trinajstić information content (AvgIpc) is 2.34. The first kappa shape index (κ1) is 8.68. The number of halogens is 2. The molecular weight excluding hydrogens is 194 g/mol. The monoisotopic (exact) mass is 196 g/mol. The molecule has 0 aliphatic heterocycles. The third-order valence-corrected chi connectivity index (χ3v) is 1.96. The summed E-state index contributed by atoms with van der Waals surface area (Å²) in [6.45, 7) is 0. The largest absolute Gasteiger partial charge is 0.285 e. The van der Waals surface area contributed by atoms with Crippen molar-refractivity contribution < 1.29 is 8.78 Å². The molecule has 0 heterocycles. The van der Waals surface area contributed by atoms with Gasteiger partial charge in [-0.2, -0.15) is 0 Å². The minimum absolute atomic E-state index is 0.362. The zero-order chi connectivity index (χ0) is 10.5. The molecule has 3 nitrogen and oxygen atoms in total. The molecule has 2 rings (SSSR count). The van der Waals surface area contributed by atoms with Crippen LogP contribution in [0, 0.1) is 11.6 Å². The molecule has 0 saturated carbocycles. The average molecular weight is 196 g/mol. The quantitative estimate of drug-likeness (QED) is 0.560. The first-order valence-corrected chi connectivity index (χ1v) is 3.65. The normalized spacial score (nSPS) is 11.0. The van der Waals surface area contributed by atoms with Crippen molar-refractivity contribution >= 4 is 10.8 Å². The van der Waals surface area contributed by atoms with Crippen LogP contribution < -0.4 is 16.3 Å². The van der Waals surface area contributed by atoms with E-state index in [9.17, 15) is 23.2 Å². The van der Waals surface area contributed by atoms with Crippen molar-refractivity contribution in [2.24, 2.45) is 0 Å². The molecule has 0 bridgehead atoms. The van der Waals surface area contributed by atoms with Gasteiger partial charge in [-0.3, -0.25) is 14.4 Å². The Bertz CT molecular complexity index is 610. The molecule has 0 fully saturated rings. The van der Waals surface area contributed by atoms with Crippen molar-refractivity contribution in [3.05, 3.63) is 54.4 Å². The lowest BCUT2D eigenvalue weighted by Gasteiger charge is -1.90. The van der Waals surface area contributed by atoms with Gasteiger partial charge in [0.1, 0.15) is 0 Å². The number of hydrogen-bond donors (Lipinski definition) is 0. The van der Waals surface area contributed by atoms with Crippen LogP contribution in [0.25, 0.3) is 10.8 Å². The van der Waals surface area contributed by atoms with Crippen molar-refractivity contribution in [1.29, 1.82) is 0 Å². The molecule has 2 aromatic carbocycles. The second kappa shape index (κ2) is 2.54. The summed E-state index contributed by atoms with van der Waals surface area (Å²) in [7, 11) is 0. The first-order chi connectivity index (χ1) is 6.52. The molecule has 0 spiro atoms. The summed E-state index contributed by atoms with van der Waals surface area (Å²) >= 11 is 0. The van der Waals surface area contributed by atoms with Gasteiger partial charge in [0.15, 0.2) is 11.6 Å². The Hall–Kier alpha value is -1.91. The number of fused-ring (bicyclic) bond motifs is 1. The van der Waals surface area contributed by atoms with Crippen LogP contribution in [-0.4, -0.2) is 0 Å². The first-order valence-electron chi connectivity index (χ1n) is 3.65. The Morgan fingerprint density at radius 1 is 0.714 bits per heavy atom. The lowest BCUT2D eigenvalue weighted by molar-refractivity contribution is 0.511. The maximum atomic E-state index is 12.7. The standard InChI is InChI=1S/C9H2F2O3/c10-5-1-3-4(2-6(5)11)8(13)9(14)7(3)12/h1-2H. The SMILES string of the molecule is O=c1c(=O)c2cc(F)c(F)cc2c1=O. The Balaban J connectivity index is 3.20. The van der Waals surface area contributed by atoms with Gasteiger partial charge in [0.25, 0.3) is 5.43 Å². The van der Waals surface area contributed by atoms with Crippen LogP contribution in [0.2, 0.25) is 0 Å². The zero-order valence-electron chi connectivity index (χ0n) is 6.64. The van der Waals surface area contributed by atoms with Crippen LogP contribution in [0.4, 0.5) is 8.78 Å². The van der Waals surface area contributed by atoms with Crippen molar-refractivity contribution in [2.45, 2.75) is 0 Å². The van der Waals surface area contributed by atoms with E-state index in [4.69, 9.17) is 0 Å². The highest BCUT2D eigenvalue weighted by atomic mass is 19.2. The molecule has 0 saturated heterocycles. The predicted octanol–water partition coefficient (Wildman–Crippen LogP) is 0.0742. The lowest BCUT2D eigenvalue weighted by Crippen LogP contribution is -2.29. The summed E-state index contributed by atoms with van der Waals surface area (Å²) in [6, 6.07) is 1.13. The highest BCUT2D eigenvalue weighted by Gasteiger charge is 2.15. The highest BCUT2D eigenvalue weighted by Crippen LogP contribution is 2.11. The van der Waals surface area contributed by atoms with Crippen molar-refractivity contribution in [2.75, 3.05) is 0 Å². The molecule has 5 heteroatoms. The maximum Gasteiger partial charge on any atom is 0.273 e. The van der Waals surface area contributed by atoms with Gasteiger partial charge in [0.05, 0.1) is 0 Å². The van der Waals surface area contributed by atoms with Gasteiger partial charge in [0, 0.05) is 10.8 Å². The molecule has 0 radical (unpaired) electrons. The van der Waals surface area contributed by atoms with Gasteiger partial charge >= 0.3 is 0 Å². The lowest BCUT2D eigenvalue weighted by atomic mass is 10.2. The van der Waals surface area contributed by atoms with E-state index in [1.165, 1.54) is 0 Å². The fourth-order valence-corrected chi connectivity index (χ4v) is 1.27. The number of hydrogen-bond acceptors (Lipinski definition) is 3. The molecule has 0 N–H and O–H groups in total. The molecule has 0 aliphatic carbocycles. The van der Waals surface area contributed by atoms with Gasteiger partial charge in [-0.15, -0.1) is 0 Å². The number of benzene rings is 1. The van der Waals surface area contributed by atoms with Gasteiger partial charge < -0.3 is 0 Å². The molecular formula is C9H2F2O3. The van der Waals surface area contributed by atoms with Gasteiger partial charge in [-0.25, -0.2) is 8.78 Å². The van der Waals surface area contributed by atoms with Crippen LogP contribution in [0.1, 0.15) is 0 Å². The molecule has 2 aromatic rings. The Kier molecular flexibility index (Phi) is 1.57. The van der Waals surface area contributed by atoms with E-state index in [2.05, 4.69) is 0 Å². The Morgan fingerprint density at radius 3 is 1.43 bits per heavy atom. The third-order valence-electron chi connectivity index (χ3n) is 1.96. The van der Waals surface area contributed by atoms with Crippen LogP contribution >= 0.6 is 0 Å². The Labute approximate surface area is 74.9 Å². The minimum atomic E-state index is -1.25. The summed E-state index contributed by atoms with van der Waals surface area (Å²) in [5.41, 5.74) is -3.40. The van der Waals surface area contributed by atoms with Crippen LogP contribution in [0.15, 0.2) is 26.5 Å². The van der Waals surface area contributed by atoms with Gasteiger partial charge in [0.2, 0.25) is 10.9 Å². The highest BCUT2D eigenvalue weighted by molar-refractivity contribution is 5.83. The van der Waals surface area contributed by atoms with E-state index in [0.29, 0.717) is 12.1 Å². The van der Waals surface area contributed by atoms with E-state index in [1.54, 1.807) is 0 Å². The minimum Gasteiger partial charge on any atom is -0.285 e.